The van der Waals surface area contributed by atoms with Gasteiger partial charge in [-0.1, -0.05) is 6.07 Å². The third-order valence-electron chi connectivity index (χ3n) is 4.77. The van der Waals surface area contributed by atoms with E-state index in [2.05, 4.69) is 4.98 Å². The second-order valence-electron chi connectivity index (χ2n) is 6.51. The smallest absolute Gasteiger partial charge is 0.329 e. The Morgan fingerprint density at radius 1 is 1.12 bits per heavy atom. The van der Waals surface area contributed by atoms with Crippen LogP contribution in [0.4, 0.5) is 0 Å². The van der Waals surface area contributed by atoms with Gasteiger partial charge in [-0.2, -0.15) is 0 Å². The van der Waals surface area contributed by atoms with Crippen LogP contribution in [0.3, 0.4) is 0 Å². The lowest BCUT2D eigenvalue weighted by molar-refractivity contribution is 0.0724. The zero-order valence-electron chi connectivity index (χ0n) is 14.2. The molecule has 6 nitrogen and oxygen atoms in total. The highest BCUT2D eigenvalue weighted by atomic mass is 32.1. The molecule has 1 aliphatic heterocycles. The number of carbonyl (C=O) groups is 1. The van der Waals surface area contributed by atoms with Crippen LogP contribution in [0.15, 0.2) is 45.3 Å². The van der Waals surface area contributed by atoms with Gasteiger partial charge in [-0.25, -0.2) is 4.79 Å². The van der Waals surface area contributed by atoms with Crippen molar-refractivity contribution in [3.63, 3.8) is 0 Å². The molecule has 26 heavy (non-hydrogen) atoms. The summed E-state index contributed by atoms with van der Waals surface area (Å²) in [5.74, 6) is -0.0461. The molecule has 0 unspecified atom stereocenters. The molecule has 0 spiro atoms. The van der Waals surface area contributed by atoms with E-state index in [9.17, 15) is 14.4 Å². The van der Waals surface area contributed by atoms with Crippen LogP contribution in [0, 0.1) is 0 Å². The van der Waals surface area contributed by atoms with E-state index >= 15 is 0 Å². The van der Waals surface area contributed by atoms with Crippen molar-refractivity contribution in [2.75, 3.05) is 13.1 Å². The number of aromatic nitrogens is 2. The molecule has 0 bridgehead atoms. The number of H-pyrrole nitrogens is 1. The number of thiophene rings is 1. The number of nitrogens with one attached hydrogen (secondary N) is 1. The minimum atomic E-state index is -0.460. The fourth-order valence-electron chi connectivity index (χ4n) is 3.37. The van der Waals surface area contributed by atoms with Crippen LogP contribution in [-0.4, -0.2) is 33.4 Å². The van der Waals surface area contributed by atoms with Gasteiger partial charge in [0.05, 0.1) is 17.4 Å². The van der Waals surface area contributed by atoms with E-state index in [0.29, 0.717) is 16.5 Å². The molecular weight excluding hydrogens is 350 g/mol. The molecule has 1 fully saturated rings. The van der Waals surface area contributed by atoms with Gasteiger partial charge in [-0.05, 0) is 48.9 Å². The number of carbonyl (C=O) groups excluding carboxylic acids is 1. The molecular formula is C19H19N3O3S. The standard InChI is InChI=1S/C19H19N3O3S/c23-17(21-8-2-1-3-9-21)13-6-7-15-16(11-13)20-19(25)22(18(15)24)12-14-5-4-10-26-14/h4-7,10-11H,1-3,8-9,12H2,(H,20,25). The zero-order chi connectivity index (χ0) is 18.1. The normalized spacial score (nSPS) is 14.7. The number of aromatic amines is 1. The summed E-state index contributed by atoms with van der Waals surface area (Å²) in [6.45, 7) is 1.77. The monoisotopic (exact) mass is 369 g/mol. The van der Waals surface area contributed by atoms with Crippen LogP contribution in [-0.2, 0) is 6.54 Å². The Balaban J connectivity index is 1.72. The van der Waals surface area contributed by atoms with Gasteiger partial charge in [0.25, 0.3) is 11.5 Å². The van der Waals surface area contributed by atoms with Gasteiger partial charge >= 0.3 is 5.69 Å². The first-order valence-electron chi connectivity index (χ1n) is 8.72. The van der Waals surface area contributed by atoms with E-state index in [1.54, 1.807) is 18.2 Å². The lowest BCUT2D eigenvalue weighted by atomic mass is 10.1. The number of rotatable bonds is 3. The molecule has 0 saturated carbocycles. The lowest BCUT2D eigenvalue weighted by Gasteiger charge is -2.26. The minimum absolute atomic E-state index is 0.0461. The van der Waals surface area contributed by atoms with Gasteiger partial charge in [0.15, 0.2) is 0 Å². The second kappa shape index (κ2) is 6.92. The Bertz CT molecular complexity index is 1060. The fourth-order valence-corrected chi connectivity index (χ4v) is 4.06. The second-order valence-corrected chi connectivity index (χ2v) is 7.55. The summed E-state index contributed by atoms with van der Waals surface area (Å²) >= 11 is 1.50. The molecule has 3 aromatic rings. The van der Waals surface area contributed by atoms with E-state index in [4.69, 9.17) is 0 Å². The van der Waals surface area contributed by atoms with Gasteiger partial charge in [0.1, 0.15) is 0 Å². The van der Waals surface area contributed by atoms with Crippen molar-refractivity contribution in [3.8, 4) is 0 Å². The predicted molar refractivity (Wildman–Crippen MR) is 102 cm³/mol. The lowest BCUT2D eigenvalue weighted by Crippen LogP contribution is -2.36. The first-order chi connectivity index (χ1) is 12.6. The molecule has 1 saturated heterocycles. The molecule has 4 rings (SSSR count). The number of nitrogens with zero attached hydrogens (tertiary/aromatic N) is 2. The number of piperidine rings is 1. The summed E-state index contributed by atoms with van der Waals surface area (Å²) < 4.78 is 1.19. The molecule has 134 valence electrons. The summed E-state index contributed by atoms with van der Waals surface area (Å²) in [6.07, 6.45) is 3.19. The Morgan fingerprint density at radius 3 is 2.65 bits per heavy atom. The van der Waals surface area contributed by atoms with Gasteiger partial charge in [-0.15, -0.1) is 11.3 Å². The van der Waals surface area contributed by atoms with Crippen molar-refractivity contribution in [2.45, 2.75) is 25.8 Å². The van der Waals surface area contributed by atoms with Gasteiger partial charge in [0.2, 0.25) is 0 Å². The molecule has 1 N–H and O–H groups in total. The van der Waals surface area contributed by atoms with Crippen molar-refractivity contribution >= 4 is 28.1 Å². The number of fused-ring (bicyclic) bond motifs is 1. The summed E-state index contributed by atoms with van der Waals surface area (Å²) in [6, 6.07) is 8.70. The van der Waals surface area contributed by atoms with Crippen molar-refractivity contribution in [1.29, 1.82) is 0 Å². The number of hydrogen-bond acceptors (Lipinski definition) is 4. The Kier molecular flexibility index (Phi) is 4.46. The number of hydrogen-bond donors (Lipinski definition) is 1. The van der Waals surface area contributed by atoms with Crippen molar-refractivity contribution in [3.05, 3.63) is 67.0 Å². The van der Waals surface area contributed by atoms with Crippen molar-refractivity contribution in [1.82, 2.24) is 14.5 Å². The maximum Gasteiger partial charge on any atom is 0.329 e. The fraction of sp³-hybridized carbons (Fsp3) is 0.316. The molecule has 2 aromatic heterocycles. The molecule has 1 amide bonds. The SMILES string of the molecule is O=C(c1ccc2c(=O)n(Cc3cccs3)c(=O)[nH]c2c1)N1CCCCC1. The van der Waals surface area contributed by atoms with Gasteiger partial charge in [0, 0.05) is 23.5 Å². The maximum absolute atomic E-state index is 12.7. The Morgan fingerprint density at radius 2 is 1.92 bits per heavy atom. The first kappa shape index (κ1) is 16.8. The summed E-state index contributed by atoms with van der Waals surface area (Å²) in [5.41, 5.74) is 0.114. The van der Waals surface area contributed by atoms with E-state index in [1.165, 1.54) is 15.9 Å². The van der Waals surface area contributed by atoms with E-state index in [-0.39, 0.29) is 18.0 Å². The molecule has 1 aliphatic rings. The number of likely N-dealkylation sites (tertiary alicyclic amines) is 1. The highest BCUT2D eigenvalue weighted by Crippen LogP contribution is 2.16. The van der Waals surface area contributed by atoms with Crippen LogP contribution < -0.4 is 11.2 Å². The minimum Gasteiger partial charge on any atom is -0.339 e. The van der Waals surface area contributed by atoms with Crippen LogP contribution in [0.2, 0.25) is 0 Å². The summed E-state index contributed by atoms with van der Waals surface area (Å²) in [5, 5.41) is 2.32. The van der Waals surface area contributed by atoms with Crippen LogP contribution in [0.25, 0.3) is 10.9 Å². The Hall–Kier alpha value is -2.67. The number of amides is 1. The predicted octanol–water partition coefficient (Wildman–Crippen LogP) is 2.43. The zero-order valence-corrected chi connectivity index (χ0v) is 15.1. The molecule has 1 aromatic carbocycles. The van der Waals surface area contributed by atoms with Crippen LogP contribution >= 0.6 is 11.3 Å². The molecule has 0 aliphatic carbocycles. The quantitative estimate of drug-likeness (QED) is 0.770. The summed E-state index contributed by atoms with van der Waals surface area (Å²) in [7, 11) is 0. The van der Waals surface area contributed by atoms with Crippen LogP contribution in [0.5, 0.6) is 0 Å². The van der Waals surface area contributed by atoms with E-state index < -0.39 is 5.69 Å². The third-order valence-corrected chi connectivity index (χ3v) is 5.63. The highest BCUT2D eigenvalue weighted by Gasteiger charge is 2.19. The van der Waals surface area contributed by atoms with E-state index in [1.807, 2.05) is 22.4 Å². The molecule has 3 heterocycles. The summed E-state index contributed by atoms with van der Waals surface area (Å²) in [4.78, 5) is 43.3. The molecule has 0 radical (unpaired) electrons. The highest BCUT2D eigenvalue weighted by molar-refractivity contribution is 7.09. The average molecular weight is 369 g/mol. The van der Waals surface area contributed by atoms with Gasteiger partial charge < -0.3 is 9.88 Å². The van der Waals surface area contributed by atoms with E-state index in [0.717, 1.165) is 37.2 Å². The van der Waals surface area contributed by atoms with Gasteiger partial charge in [-0.3, -0.25) is 14.2 Å². The molecule has 7 heteroatoms. The topological polar surface area (TPSA) is 75.2 Å². The van der Waals surface area contributed by atoms with Crippen molar-refractivity contribution < 1.29 is 4.79 Å². The van der Waals surface area contributed by atoms with Crippen LogP contribution in [0.1, 0.15) is 34.5 Å². The van der Waals surface area contributed by atoms with Crippen molar-refractivity contribution in [2.24, 2.45) is 0 Å². The average Bonchev–Trinajstić information content (AvgIpc) is 3.18. The number of benzene rings is 1. The molecule has 0 atom stereocenters. The largest absolute Gasteiger partial charge is 0.339 e. The third kappa shape index (κ3) is 3.10. The maximum atomic E-state index is 12.7. The first-order valence-corrected chi connectivity index (χ1v) is 9.60. The Labute approximate surface area is 153 Å².